The van der Waals surface area contributed by atoms with Crippen LogP contribution in [0.3, 0.4) is 0 Å². The van der Waals surface area contributed by atoms with Crippen LogP contribution in [0.5, 0.6) is 0 Å². The van der Waals surface area contributed by atoms with Crippen molar-refractivity contribution in [1.29, 1.82) is 5.26 Å². The molecule has 0 unspecified atom stereocenters. The minimum Gasteiger partial charge on any atom is -0.415 e. The third-order valence-electron chi connectivity index (χ3n) is 3.82. The zero-order chi connectivity index (χ0) is 17.9. The lowest BCUT2D eigenvalue weighted by Crippen LogP contribution is -1.97. The fraction of sp³-hybridized carbons (Fsp3) is 0.0526. The summed E-state index contributed by atoms with van der Waals surface area (Å²) in [5.74, 6) is 0.692. The van der Waals surface area contributed by atoms with E-state index >= 15 is 0 Å². The molecule has 0 aliphatic carbocycles. The van der Waals surface area contributed by atoms with Gasteiger partial charge in [0.25, 0.3) is 5.89 Å². The smallest absolute Gasteiger partial charge is 0.268 e. The summed E-state index contributed by atoms with van der Waals surface area (Å²) in [5, 5.41) is 17.5. The fourth-order valence-electron chi connectivity index (χ4n) is 2.50. The summed E-state index contributed by atoms with van der Waals surface area (Å²) < 4.78 is 5.78. The molecule has 1 aromatic carbocycles. The first-order valence-corrected chi connectivity index (χ1v) is 7.83. The summed E-state index contributed by atoms with van der Waals surface area (Å²) in [7, 11) is 0. The summed E-state index contributed by atoms with van der Waals surface area (Å²) in [5.41, 5.74) is 3.59. The van der Waals surface area contributed by atoms with Crippen molar-refractivity contribution in [3.8, 4) is 40.4 Å². The Labute approximate surface area is 150 Å². The molecule has 0 amide bonds. The van der Waals surface area contributed by atoms with Gasteiger partial charge in [-0.2, -0.15) is 5.26 Å². The van der Waals surface area contributed by atoms with E-state index in [0.29, 0.717) is 34.1 Å². The Morgan fingerprint density at radius 3 is 2.65 bits per heavy atom. The fourth-order valence-corrected chi connectivity index (χ4v) is 2.50. The van der Waals surface area contributed by atoms with Crippen LogP contribution in [0.15, 0.2) is 59.4 Å². The molecule has 0 bridgehead atoms. The highest BCUT2D eigenvalue weighted by Gasteiger charge is 2.17. The Morgan fingerprint density at radius 1 is 1.04 bits per heavy atom. The van der Waals surface area contributed by atoms with Crippen LogP contribution in [0.2, 0.25) is 0 Å². The minimum atomic E-state index is 0. The van der Waals surface area contributed by atoms with Crippen LogP contribution in [-0.4, -0.2) is 25.1 Å². The third-order valence-corrected chi connectivity index (χ3v) is 3.82. The van der Waals surface area contributed by atoms with E-state index in [2.05, 4.69) is 31.2 Å². The second-order valence-corrected chi connectivity index (χ2v) is 5.50. The van der Waals surface area contributed by atoms with Crippen LogP contribution in [0, 0.1) is 18.3 Å². The number of hydrogen-bond donors (Lipinski definition) is 0. The summed E-state index contributed by atoms with van der Waals surface area (Å²) in [6.07, 6.45) is 4.72. The average molecular weight is 342 g/mol. The number of aromatic nitrogens is 5. The van der Waals surface area contributed by atoms with Gasteiger partial charge in [0.2, 0.25) is 5.89 Å². The van der Waals surface area contributed by atoms with E-state index in [1.807, 2.05) is 37.3 Å². The van der Waals surface area contributed by atoms with E-state index in [0.717, 1.165) is 5.56 Å². The van der Waals surface area contributed by atoms with E-state index in [4.69, 9.17) is 4.42 Å². The maximum Gasteiger partial charge on any atom is 0.268 e. The number of nitrogens with zero attached hydrogens (tertiary/aromatic N) is 6. The van der Waals surface area contributed by atoms with E-state index in [9.17, 15) is 5.26 Å². The Hall–Kier alpha value is -3.92. The molecule has 3 aromatic heterocycles. The molecular formula is C19H14N6O. The van der Waals surface area contributed by atoms with E-state index in [1.54, 1.807) is 18.5 Å². The van der Waals surface area contributed by atoms with Crippen molar-refractivity contribution in [3.63, 3.8) is 0 Å². The number of pyridine rings is 1. The van der Waals surface area contributed by atoms with Crippen LogP contribution in [0.4, 0.5) is 0 Å². The first-order chi connectivity index (χ1) is 12.8. The van der Waals surface area contributed by atoms with E-state index in [-0.39, 0.29) is 7.32 Å². The van der Waals surface area contributed by atoms with Crippen LogP contribution in [0.1, 0.15) is 12.7 Å². The summed E-state index contributed by atoms with van der Waals surface area (Å²) >= 11 is 0. The highest BCUT2D eigenvalue weighted by atomic mass is 16.4. The quantitative estimate of drug-likeness (QED) is 0.559. The third kappa shape index (κ3) is 2.80. The van der Waals surface area contributed by atoms with Gasteiger partial charge in [0.05, 0.1) is 23.1 Å². The minimum absolute atomic E-state index is 0. The molecule has 0 radical (unpaired) electrons. The van der Waals surface area contributed by atoms with Gasteiger partial charge in [0.15, 0.2) is 0 Å². The largest absolute Gasteiger partial charge is 0.415 e. The SMILES string of the molecule is Cc1ncc(-c2ccncc2C#N)nc1-c1nnc(-c2ccccc2)o1.[HH]. The summed E-state index contributed by atoms with van der Waals surface area (Å²) in [6.45, 7) is 1.82. The molecule has 0 N–H and O–H groups in total. The number of rotatable bonds is 3. The molecule has 26 heavy (non-hydrogen) atoms. The van der Waals surface area contributed by atoms with Crippen molar-refractivity contribution in [2.24, 2.45) is 0 Å². The van der Waals surface area contributed by atoms with Crippen molar-refractivity contribution >= 4 is 0 Å². The zero-order valence-electron chi connectivity index (χ0n) is 13.8. The molecule has 4 rings (SSSR count). The van der Waals surface area contributed by atoms with Crippen molar-refractivity contribution in [3.05, 3.63) is 66.2 Å². The van der Waals surface area contributed by atoms with Gasteiger partial charge in [-0.05, 0) is 25.1 Å². The van der Waals surface area contributed by atoms with E-state index < -0.39 is 0 Å². The summed E-state index contributed by atoms with van der Waals surface area (Å²) in [4.78, 5) is 12.9. The van der Waals surface area contributed by atoms with Gasteiger partial charge >= 0.3 is 0 Å². The number of nitriles is 1. The Kier molecular flexibility index (Phi) is 3.92. The normalized spacial score (nSPS) is 10.5. The van der Waals surface area contributed by atoms with Gasteiger partial charge in [0, 0.05) is 24.9 Å². The lowest BCUT2D eigenvalue weighted by Gasteiger charge is -2.05. The second-order valence-electron chi connectivity index (χ2n) is 5.50. The highest BCUT2D eigenvalue weighted by Crippen LogP contribution is 2.27. The Bertz CT molecular complexity index is 1120. The zero-order valence-corrected chi connectivity index (χ0v) is 13.8. The molecule has 7 nitrogen and oxygen atoms in total. The molecule has 0 saturated carbocycles. The van der Waals surface area contributed by atoms with Gasteiger partial charge < -0.3 is 4.42 Å². The molecule has 126 valence electrons. The Balaban J connectivity index is 0.00000210. The van der Waals surface area contributed by atoms with Crippen molar-refractivity contribution in [1.82, 2.24) is 25.1 Å². The monoisotopic (exact) mass is 342 g/mol. The van der Waals surface area contributed by atoms with Gasteiger partial charge in [-0.1, -0.05) is 18.2 Å². The molecule has 3 heterocycles. The lowest BCUT2D eigenvalue weighted by molar-refractivity contribution is 0.581. The van der Waals surface area contributed by atoms with Crippen LogP contribution < -0.4 is 0 Å². The number of aryl methyl sites for hydroxylation is 1. The maximum absolute atomic E-state index is 9.27. The topological polar surface area (TPSA) is 101 Å². The Morgan fingerprint density at radius 2 is 1.85 bits per heavy atom. The molecular weight excluding hydrogens is 328 g/mol. The number of hydrogen-bond acceptors (Lipinski definition) is 7. The molecule has 0 atom stereocenters. The molecule has 0 aliphatic heterocycles. The predicted molar refractivity (Wildman–Crippen MR) is 95.6 cm³/mol. The first-order valence-electron chi connectivity index (χ1n) is 7.83. The van der Waals surface area contributed by atoms with Crippen LogP contribution in [0.25, 0.3) is 34.3 Å². The average Bonchev–Trinajstić information content (AvgIpc) is 3.19. The van der Waals surface area contributed by atoms with Crippen molar-refractivity contribution < 1.29 is 5.84 Å². The number of benzene rings is 1. The second kappa shape index (κ2) is 6.53. The molecule has 0 spiro atoms. The molecule has 0 aliphatic rings. The highest BCUT2D eigenvalue weighted by molar-refractivity contribution is 5.68. The predicted octanol–water partition coefficient (Wildman–Crippen LogP) is 3.68. The van der Waals surface area contributed by atoms with Crippen molar-refractivity contribution in [2.75, 3.05) is 0 Å². The van der Waals surface area contributed by atoms with Crippen LogP contribution >= 0.6 is 0 Å². The molecule has 0 fully saturated rings. The summed E-state index contributed by atoms with van der Waals surface area (Å²) in [6, 6.07) is 13.3. The maximum atomic E-state index is 9.27. The first kappa shape index (κ1) is 15.6. The molecule has 4 aromatic rings. The molecule has 0 saturated heterocycles. The van der Waals surface area contributed by atoms with Gasteiger partial charge in [-0.3, -0.25) is 9.97 Å². The molecule has 7 heteroatoms. The van der Waals surface area contributed by atoms with E-state index in [1.165, 1.54) is 6.20 Å². The van der Waals surface area contributed by atoms with Crippen LogP contribution in [-0.2, 0) is 0 Å². The van der Waals surface area contributed by atoms with Crippen molar-refractivity contribution in [2.45, 2.75) is 6.92 Å². The van der Waals surface area contributed by atoms with Gasteiger partial charge in [-0.15, -0.1) is 10.2 Å². The van der Waals surface area contributed by atoms with Gasteiger partial charge in [0.1, 0.15) is 11.8 Å². The lowest BCUT2D eigenvalue weighted by atomic mass is 10.1. The standard InChI is InChI=1S/C19H12N6O.H2/c1-12-17(19-25-24-18(26-19)13-5-3-2-4-6-13)23-16(11-22-12)15-7-8-21-10-14(15)9-20;/h2-8,10-11H,1H3;1H. The van der Waals surface area contributed by atoms with Gasteiger partial charge in [-0.25, -0.2) is 4.98 Å².